The average molecular weight is 324 g/mol. The number of hydrogen-bond donors (Lipinski definition) is 1. The van der Waals surface area contributed by atoms with Crippen LogP contribution in [0.3, 0.4) is 0 Å². The summed E-state index contributed by atoms with van der Waals surface area (Å²) in [7, 11) is 0. The van der Waals surface area contributed by atoms with Gasteiger partial charge in [-0.15, -0.1) is 0 Å². The van der Waals surface area contributed by atoms with E-state index in [4.69, 9.17) is 74.7 Å². The van der Waals surface area contributed by atoms with Crippen LogP contribution >= 0.6 is 69.6 Å². The first-order chi connectivity index (χ1) is 6.01. The molecule has 84 valence electrons. The van der Waals surface area contributed by atoms with E-state index in [1.165, 1.54) is 0 Å². The minimum absolute atomic E-state index is 0.374. The van der Waals surface area contributed by atoms with Crippen LogP contribution in [0.1, 0.15) is 0 Å². The fourth-order valence-corrected chi connectivity index (χ4v) is 1.49. The van der Waals surface area contributed by atoms with E-state index in [1.807, 2.05) is 0 Å². The molecule has 0 aromatic carbocycles. The molecular formula is C5H5Cl6NO2. The Bertz CT molecular complexity index is 193. The van der Waals surface area contributed by atoms with Crippen LogP contribution in [0.4, 0.5) is 4.79 Å². The summed E-state index contributed by atoms with van der Waals surface area (Å²) >= 11 is 32.4. The molecule has 1 N–H and O–H groups in total. The molecule has 0 rings (SSSR count). The van der Waals surface area contributed by atoms with Gasteiger partial charge in [0.25, 0.3) is 0 Å². The van der Waals surface area contributed by atoms with E-state index in [-0.39, 0.29) is 13.1 Å². The van der Waals surface area contributed by atoms with E-state index in [2.05, 4.69) is 0 Å². The molecule has 0 radical (unpaired) electrons. The highest BCUT2D eigenvalue weighted by Gasteiger charge is 2.32. The topological polar surface area (TPSA) is 40.5 Å². The van der Waals surface area contributed by atoms with Gasteiger partial charge in [0, 0.05) is 0 Å². The molecule has 0 heterocycles. The summed E-state index contributed by atoms with van der Waals surface area (Å²) in [6.45, 7) is -0.748. The minimum atomic E-state index is -1.74. The summed E-state index contributed by atoms with van der Waals surface area (Å²) in [5, 5.41) is 8.67. The van der Waals surface area contributed by atoms with Crippen molar-refractivity contribution in [2.75, 3.05) is 13.1 Å². The number of nitrogens with zero attached hydrogens (tertiary/aromatic N) is 1. The SMILES string of the molecule is O=C(O)N(CC(Cl)(Cl)Cl)CC(Cl)(Cl)Cl. The Hall–Kier alpha value is 1.01. The second kappa shape index (κ2) is 5.37. The maximum atomic E-state index is 10.6. The highest BCUT2D eigenvalue weighted by molar-refractivity contribution is 6.68. The summed E-state index contributed by atoms with van der Waals surface area (Å²) in [6, 6.07) is 0. The Morgan fingerprint density at radius 1 is 1.00 bits per heavy atom. The third-order valence-corrected chi connectivity index (χ3v) is 1.73. The van der Waals surface area contributed by atoms with Gasteiger partial charge in [-0.3, -0.25) is 4.90 Å². The highest BCUT2D eigenvalue weighted by Crippen LogP contribution is 2.31. The number of carboxylic acid groups (broad SMARTS) is 1. The van der Waals surface area contributed by atoms with Crippen LogP contribution in [0, 0.1) is 0 Å². The first-order valence-electron chi connectivity index (χ1n) is 3.12. The van der Waals surface area contributed by atoms with Crippen molar-refractivity contribution in [2.45, 2.75) is 7.59 Å². The average Bonchev–Trinajstić information content (AvgIpc) is 1.78. The van der Waals surface area contributed by atoms with Gasteiger partial charge in [0.1, 0.15) is 0 Å². The van der Waals surface area contributed by atoms with Gasteiger partial charge in [-0.05, 0) is 0 Å². The van der Waals surface area contributed by atoms with Crippen molar-refractivity contribution in [3.63, 3.8) is 0 Å². The molecule has 0 spiro atoms. The lowest BCUT2D eigenvalue weighted by molar-refractivity contribution is 0.147. The summed E-state index contributed by atoms with van der Waals surface area (Å²) in [5.74, 6) is 0. The standard InChI is InChI=1S/C5H5Cl6NO2/c6-4(7,8)1-12(3(13)14)2-5(9,10)11/h1-2H2,(H,13,14). The monoisotopic (exact) mass is 321 g/mol. The lowest BCUT2D eigenvalue weighted by Gasteiger charge is -2.26. The molecule has 0 atom stereocenters. The van der Waals surface area contributed by atoms with Gasteiger partial charge < -0.3 is 5.11 Å². The molecule has 0 aromatic heterocycles. The third kappa shape index (κ3) is 8.33. The predicted octanol–water partition coefficient (Wildman–Crippen LogP) is 3.71. The molecule has 0 saturated heterocycles. The Labute approximate surface area is 111 Å². The van der Waals surface area contributed by atoms with Gasteiger partial charge in [-0.1, -0.05) is 69.6 Å². The summed E-state index contributed by atoms with van der Waals surface area (Å²) < 4.78 is -3.48. The van der Waals surface area contributed by atoms with Crippen LogP contribution in [0.5, 0.6) is 0 Å². The molecule has 1 amide bonds. The zero-order valence-corrected chi connectivity index (χ0v) is 11.0. The quantitative estimate of drug-likeness (QED) is 0.787. The first kappa shape index (κ1) is 15.0. The first-order valence-corrected chi connectivity index (χ1v) is 5.39. The Balaban J connectivity index is 4.40. The predicted molar refractivity (Wildman–Crippen MR) is 60.2 cm³/mol. The molecule has 0 unspecified atom stereocenters. The number of halogens is 6. The van der Waals surface area contributed by atoms with E-state index in [0.717, 1.165) is 0 Å². The van der Waals surface area contributed by atoms with Crippen molar-refractivity contribution < 1.29 is 9.90 Å². The lowest BCUT2D eigenvalue weighted by atomic mass is 10.5. The van der Waals surface area contributed by atoms with Crippen LogP contribution in [-0.4, -0.2) is 36.8 Å². The Morgan fingerprint density at radius 2 is 1.29 bits per heavy atom. The van der Waals surface area contributed by atoms with E-state index in [1.54, 1.807) is 0 Å². The number of rotatable bonds is 2. The van der Waals surface area contributed by atoms with Crippen molar-refractivity contribution >= 4 is 75.7 Å². The van der Waals surface area contributed by atoms with Crippen molar-refractivity contribution in [3.8, 4) is 0 Å². The second-order valence-corrected chi connectivity index (χ2v) is 7.40. The Kier molecular flexibility index (Phi) is 5.76. The van der Waals surface area contributed by atoms with Gasteiger partial charge >= 0.3 is 6.09 Å². The fraction of sp³-hybridized carbons (Fsp3) is 0.800. The Morgan fingerprint density at radius 3 is 1.43 bits per heavy atom. The molecule has 0 bridgehead atoms. The number of amides is 1. The highest BCUT2D eigenvalue weighted by atomic mass is 35.6. The summed E-state index contributed by atoms with van der Waals surface area (Å²) in [5.41, 5.74) is 0. The molecule has 0 saturated carbocycles. The van der Waals surface area contributed by atoms with E-state index < -0.39 is 13.7 Å². The molecule has 14 heavy (non-hydrogen) atoms. The summed E-state index contributed by atoms with van der Waals surface area (Å²) in [6.07, 6.45) is -1.33. The van der Waals surface area contributed by atoms with Gasteiger partial charge in [0.05, 0.1) is 13.1 Å². The normalized spacial score (nSPS) is 12.7. The molecule has 0 aliphatic heterocycles. The van der Waals surface area contributed by atoms with Crippen LogP contribution in [-0.2, 0) is 0 Å². The molecule has 0 aliphatic rings. The molecule has 0 aliphatic carbocycles. The van der Waals surface area contributed by atoms with E-state index >= 15 is 0 Å². The van der Waals surface area contributed by atoms with Crippen LogP contribution < -0.4 is 0 Å². The largest absolute Gasteiger partial charge is 0.465 e. The number of carbonyl (C=O) groups is 1. The third-order valence-electron chi connectivity index (χ3n) is 1.01. The number of hydrogen-bond acceptors (Lipinski definition) is 1. The van der Waals surface area contributed by atoms with Crippen molar-refractivity contribution in [1.82, 2.24) is 4.90 Å². The maximum absolute atomic E-state index is 10.6. The van der Waals surface area contributed by atoms with Crippen molar-refractivity contribution in [1.29, 1.82) is 0 Å². The van der Waals surface area contributed by atoms with Crippen LogP contribution in [0.2, 0.25) is 0 Å². The van der Waals surface area contributed by atoms with Gasteiger partial charge in [-0.2, -0.15) is 0 Å². The molecule has 0 aromatic rings. The minimum Gasteiger partial charge on any atom is -0.465 e. The zero-order chi connectivity index (χ0) is 11.6. The fourth-order valence-electron chi connectivity index (χ4n) is 0.624. The van der Waals surface area contributed by atoms with Gasteiger partial charge in [-0.25, -0.2) is 4.79 Å². The van der Waals surface area contributed by atoms with E-state index in [0.29, 0.717) is 4.90 Å². The summed E-state index contributed by atoms with van der Waals surface area (Å²) in [4.78, 5) is 11.3. The molecule has 0 fully saturated rings. The van der Waals surface area contributed by atoms with Crippen molar-refractivity contribution in [2.24, 2.45) is 0 Å². The number of alkyl halides is 6. The lowest BCUT2D eigenvalue weighted by Crippen LogP contribution is -2.41. The zero-order valence-electron chi connectivity index (χ0n) is 6.48. The second-order valence-electron chi connectivity index (χ2n) is 2.37. The molecule has 9 heteroatoms. The molecule has 3 nitrogen and oxygen atoms in total. The molecular weight excluding hydrogens is 319 g/mol. The van der Waals surface area contributed by atoms with Crippen LogP contribution in [0.15, 0.2) is 0 Å². The smallest absolute Gasteiger partial charge is 0.407 e. The van der Waals surface area contributed by atoms with Crippen molar-refractivity contribution in [3.05, 3.63) is 0 Å². The van der Waals surface area contributed by atoms with Crippen LogP contribution in [0.25, 0.3) is 0 Å². The van der Waals surface area contributed by atoms with Gasteiger partial charge in [0.2, 0.25) is 7.59 Å². The van der Waals surface area contributed by atoms with E-state index in [9.17, 15) is 4.79 Å². The van der Waals surface area contributed by atoms with Gasteiger partial charge in [0.15, 0.2) is 0 Å². The maximum Gasteiger partial charge on any atom is 0.407 e.